The number of aromatic nitrogens is 2. The normalized spacial score (nSPS) is 18.7. The van der Waals surface area contributed by atoms with Gasteiger partial charge in [0, 0.05) is 29.2 Å². The molecule has 11 heteroatoms. The predicted molar refractivity (Wildman–Crippen MR) is 127 cm³/mol. The van der Waals surface area contributed by atoms with Crippen molar-refractivity contribution in [2.45, 2.75) is 17.9 Å². The minimum atomic E-state index is -3.33. The van der Waals surface area contributed by atoms with Crippen LogP contribution in [-0.4, -0.2) is 43.7 Å². The summed E-state index contributed by atoms with van der Waals surface area (Å²) in [6.45, 7) is 0.212. The summed E-state index contributed by atoms with van der Waals surface area (Å²) < 4.78 is 31.1. The molecule has 1 fully saturated rings. The van der Waals surface area contributed by atoms with Gasteiger partial charge in [0.1, 0.15) is 11.6 Å². The van der Waals surface area contributed by atoms with Crippen LogP contribution in [0.3, 0.4) is 0 Å². The summed E-state index contributed by atoms with van der Waals surface area (Å²) in [6.07, 6.45) is 0.0472. The van der Waals surface area contributed by atoms with Gasteiger partial charge in [-0.1, -0.05) is 11.6 Å². The summed E-state index contributed by atoms with van der Waals surface area (Å²) >= 11 is 5.94. The van der Waals surface area contributed by atoms with Gasteiger partial charge in [0.25, 0.3) is 0 Å². The molecule has 1 saturated heterocycles. The van der Waals surface area contributed by atoms with E-state index in [1.807, 2.05) is 0 Å². The van der Waals surface area contributed by atoms with Crippen LogP contribution in [0.15, 0.2) is 48.5 Å². The van der Waals surface area contributed by atoms with Crippen molar-refractivity contribution in [1.82, 2.24) is 9.78 Å². The number of nitrogens with one attached hydrogen (secondary N) is 1. The molecule has 1 atom stereocenters. The van der Waals surface area contributed by atoms with Gasteiger partial charge in [-0.15, -0.1) is 0 Å². The van der Waals surface area contributed by atoms with Crippen molar-refractivity contribution >= 4 is 44.8 Å². The fourth-order valence-electron chi connectivity index (χ4n) is 4.25. The number of benzene rings is 2. The second kappa shape index (κ2) is 8.44. The van der Waals surface area contributed by atoms with Crippen molar-refractivity contribution < 1.29 is 22.7 Å². The minimum Gasteiger partial charge on any atom is -0.497 e. The summed E-state index contributed by atoms with van der Waals surface area (Å²) in [7, 11) is -1.77. The molecular weight excluding hydrogens is 480 g/mol. The maximum atomic E-state index is 13.2. The number of carbonyl (C=O) groups is 2. The van der Waals surface area contributed by atoms with Crippen molar-refractivity contribution in [2.24, 2.45) is 5.92 Å². The molecule has 1 unspecified atom stereocenters. The summed E-state index contributed by atoms with van der Waals surface area (Å²) in [4.78, 5) is 27.4. The fraction of sp³-hybridized carbons (Fsp3) is 0.261. The van der Waals surface area contributed by atoms with Crippen LogP contribution in [0.4, 0.5) is 11.5 Å². The summed E-state index contributed by atoms with van der Waals surface area (Å²) in [6, 6.07) is 13.9. The Hall–Kier alpha value is -3.37. The lowest BCUT2D eigenvalue weighted by atomic mass is 10.1. The highest BCUT2D eigenvalue weighted by Gasteiger charge is 2.38. The van der Waals surface area contributed by atoms with E-state index in [9.17, 15) is 18.0 Å². The minimum absolute atomic E-state index is 0.0472. The Morgan fingerprint density at radius 1 is 1.09 bits per heavy atom. The fourth-order valence-corrected chi connectivity index (χ4v) is 5.87. The van der Waals surface area contributed by atoms with E-state index in [1.165, 1.54) is 4.68 Å². The van der Waals surface area contributed by atoms with E-state index in [4.69, 9.17) is 16.3 Å². The van der Waals surface area contributed by atoms with Crippen LogP contribution in [-0.2, 0) is 30.9 Å². The third-order valence-electron chi connectivity index (χ3n) is 5.98. The van der Waals surface area contributed by atoms with E-state index in [1.54, 1.807) is 60.5 Å². The molecule has 0 radical (unpaired) electrons. The van der Waals surface area contributed by atoms with Crippen molar-refractivity contribution in [3.63, 3.8) is 0 Å². The third kappa shape index (κ3) is 4.14. The SMILES string of the molecule is COc1ccc(-n2nc3c(c2NC(=O)C2CC(=O)N(c4ccc(Cl)cc4)C2)CS(=O)(=O)C3)cc1. The molecule has 2 amide bonds. The van der Waals surface area contributed by atoms with Crippen LogP contribution >= 0.6 is 11.6 Å². The molecule has 5 rings (SSSR count). The zero-order valence-corrected chi connectivity index (χ0v) is 19.8. The molecule has 3 heterocycles. The van der Waals surface area contributed by atoms with Gasteiger partial charge in [-0.05, 0) is 48.5 Å². The highest BCUT2D eigenvalue weighted by molar-refractivity contribution is 7.90. The number of hydrogen-bond acceptors (Lipinski definition) is 6. The van der Waals surface area contributed by atoms with Gasteiger partial charge < -0.3 is 15.0 Å². The first kappa shape index (κ1) is 22.4. The maximum absolute atomic E-state index is 13.2. The summed E-state index contributed by atoms with van der Waals surface area (Å²) in [5.41, 5.74) is 2.20. The highest BCUT2D eigenvalue weighted by Crippen LogP contribution is 2.34. The lowest BCUT2D eigenvalue weighted by Gasteiger charge is -2.17. The van der Waals surface area contributed by atoms with E-state index >= 15 is 0 Å². The first-order chi connectivity index (χ1) is 16.2. The molecule has 9 nitrogen and oxygen atoms in total. The molecule has 2 aliphatic heterocycles. The van der Waals surface area contributed by atoms with E-state index in [0.717, 1.165) is 0 Å². The smallest absolute Gasteiger partial charge is 0.230 e. The van der Waals surface area contributed by atoms with Crippen LogP contribution in [0, 0.1) is 5.92 Å². The first-order valence-corrected chi connectivity index (χ1v) is 12.8. The average molecular weight is 501 g/mol. The van der Waals surface area contributed by atoms with Crippen LogP contribution in [0.2, 0.25) is 5.02 Å². The Morgan fingerprint density at radius 3 is 2.44 bits per heavy atom. The molecule has 34 heavy (non-hydrogen) atoms. The molecule has 0 saturated carbocycles. The number of rotatable bonds is 5. The summed E-state index contributed by atoms with van der Waals surface area (Å²) in [5.74, 6) is -0.552. The molecule has 0 bridgehead atoms. The second-order valence-electron chi connectivity index (χ2n) is 8.29. The van der Waals surface area contributed by atoms with E-state index in [0.29, 0.717) is 39.2 Å². The van der Waals surface area contributed by atoms with Crippen LogP contribution < -0.4 is 15.0 Å². The van der Waals surface area contributed by atoms with Crippen molar-refractivity contribution in [2.75, 3.05) is 23.9 Å². The molecule has 3 aromatic rings. The number of hydrogen-bond donors (Lipinski definition) is 1. The van der Waals surface area contributed by atoms with Gasteiger partial charge in [-0.2, -0.15) is 5.10 Å². The number of sulfone groups is 1. The number of halogens is 1. The molecule has 1 N–H and O–H groups in total. The van der Waals surface area contributed by atoms with Gasteiger partial charge in [0.15, 0.2) is 9.84 Å². The molecule has 2 aliphatic rings. The standard InChI is InChI=1S/C23H21ClN4O5S/c1-33-18-8-6-17(7-9-18)28-22(19-12-34(31,32)13-20(19)26-28)25-23(30)14-10-21(29)27(11-14)16-4-2-15(24)3-5-16/h2-9,14H,10-13H2,1H3,(H,25,30). The largest absolute Gasteiger partial charge is 0.497 e. The Balaban J connectivity index is 1.42. The Kier molecular flexibility index (Phi) is 5.57. The van der Waals surface area contributed by atoms with Gasteiger partial charge >= 0.3 is 0 Å². The topological polar surface area (TPSA) is 111 Å². The lowest BCUT2D eigenvalue weighted by Crippen LogP contribution is -2.29. The third-order valence-corrected chi connectivity index (χ3v) is 7.67. The number of ether oxygens (including phenoxy) is 1. The number of nitrogens with zero attached hydrogens (tertiary/aromatic N) is 3. The van der Waals surface area contributed by atoms with E-state index in [-0.39, 0.29) is 36.3 Å². The Bertz CT molecular complexity index is 1380. The van der Waals surface area contributed by atoms with Gasteiger partial charge in [0.2, 0.25) is 11.8 Å². The van der Waals surface area contributed by atoms with Crippen molar-refractivity contribution in [1.29, 1.82) is 0 Å². The molecule has 0 aliphatic carbocycles. The number of methoxy groups -OCH3 is 1. The molecule has 1 aromatic heterocycles. The first-order valence-electron chi connectivity index (χ1n) is 10.6. The predicted octanol–water partition coefficient (Wildman–Crippen LogP) is 2.95. The van der Waals surface area contributed by atoms with Gasteiger partial charge in [-0.25, -0.2) is 13.1 Å². The number of carbonyl (C=O) groups excluding carboxylic acids is 2. The highest BCUT2D eigenvalue weighted by atomic mass is 35.5. The number of fused-ring (bicyclic) bond motifs is 1. The molecular formula is C23H21ClN4O5S. The number of amides is 2. The maximum Gasteiger partial charge on any atom is 0.230 e. The van der Waals surface area contributed by atoms with Crippen molar-refractivity contribution in [3.8, 4) is 11.4 Å². The number of anilines is 2. The van der Waals surface area contributed by atoms with Crippen molar-refractivity contribution in [3.05, 3.63) is 64.8 Å². The second-order valence-corrected chi connectivity index (χ2v) is 10.8. The zero-order chi connectivity index (χ0) is 24.0. The Labute approximate surface area is 201 Å². The van der Waals surface area contributed by atoms with Crippen LogP contribution in [0.5, 0.6) is 5.75 Å². The quantitative estimate of drug-likeness (QED) is 0.576. The molecule has 0 spiro atoms. The van der Waals surface area contributed by atoms with Gasteiger partial charge in [0.05, 0.1) is 35.9 Å². The molecule has 2 aromatic carbocycles. The molecule has 176 valence electrons. The van der Waals surface area contributed by atoms with E-state index in [2.05, 4.69) is 10.4 Å². The monoisotopic (exact) mass is 500 g/mol. The van der Waals surface area contributed by atoms with E-state index < -0.39 is 15.8 Å². The van der Waals surface area contributed by atoms with Gasteiger partial charge in [-0.3, -0.25) is 9.59 Å². The Morgan fingerprint density at radius 2 is 1.76 bits per heavy atom. The average Bonchev–Trinajstić information content (AvgIpc) is 3.44. The van der Waals surface area contributed by atoms with Crippen LogP contribution in [0.25, 0.3) is 5.69 Å². The lowest BCUT2D eigenvalue weighted by molar-refractivity contribution is -0.122. The zero-order valence-electron chi connectivity index (χ0n) is 18.2. The summed E-state index contributed by atoms with van der Waals surface area (Å²) in [5, 5.41) is 7.89. The van der Waals surface area contributed by atoms with Crippen LogP contribution in [0.1, 0.15) is 17.7 Å².